The summed E-state index contributed by atoms with van der Waals surface area (Å²) < 4.78 is 5.53. The number of aryl methyl sites for hydroxylation is 1. The summed E-state index contributed by atoms with van der Waals surface area (Å²) in [6.07, 6.45) is 1.62. The number of nitrogens with one attached hydrogen (secondary N) is 1. The van der Waals surface area contributed by atoms with Crippen LogP contribution in [0.4, 0.5) is 5.69 Å². The van der Waals surface area contributed by atoms with E-state index < -0.39 is 4.92 Å². The number of nitro benzene ring substituents is 1. The highest BCUT2D eigenvalue weighted by Gasteiger charge is 2.29. The lowest BCUT2D eigenvalue weighted by molar-refractivity contribution is -0.384. The zero-order valence-electron chi connectivity index (χ0n) is 18.9. The first-order valence-electron chi connectivity index (χ1n) is 11.1. The largest absolute Gasteiger partial charge is 0.360 e. The predicted molar refractivity (Wildman–Crippen MR) is 125 cm³/mol. The zero-order valence-corrected chi connectivity index (χ0v) is 18.9. The van der Waals surface area contributed by atoms with E-state index in [4.69, 9.17) is 4.52 Å². The molecule has 34 heavy (non-hydrogen) atoms. The van der Waals surface area contributed by atoms with Crippen LogP contribution in [0.25, 0.3) is 22.3 Å². The molecule has 1 saturated heterocycles. The van der Waals surface area contributed by atoms with Gasteiger partial charge in [-0.2, -0.15) is 4.98 Å². The van der Waals surface area contributed by atoms with Crippen LogP contribution < -0.4 is 0 Å². The number of hydrogen-bond donors (Lipinski definition) is 1. The third kappa shape index (κ3) is 4.03. The van der Waals surface area contributed by atoms with Crippen molar-refractivity contribution in [2.75, 3.05) is 26.2 Å². The number of aromatic amines is 1. The van der Waals surface area contributed by atoms with E-state index in [1.54, 1.807) is 17.2 Å². The van der Waals surface area contributed by atoms with Crippen LogP contribution in [0, 0.1) is 17.0 Å². The van der Waals surface area contributed by atoms with E-state index in [1.165, 1.54) is 17.7 Å². The van der Waals surface area contributed by atoms with Crippen LogP contribution in [0.2, 0.25) is 0 Å². The second-order valence-corrected chi connectivity index (χ2v) is 8.52. The van der Waals surface area contributed by atoms with Gasteiger partial charge in [-0.3, -0.25) is 19.8 Å². The molecule has 4 aromatic rings. The van der Waals surface area contributed by atoms with Crippen molar-refractivity contribution in [2.24, 2.45) is 0 Å². The van der Waals surface area contributed by atoms with E-state index >= 15 is 0 Å². The SMILES string of the molecule is Cc1ccc(-c2noc(C(C)N3CCN(C(=O)c4c[nH]c5ccc([N+](=O)[O-])cc45)CC3)n2)cc1. The number of carbonyl (C=O) groups is 1. The number of hydrogen-bond acceptors (Lipinski definition) is 7. The molecule has 2 aromatic heterocycles. The number of carbonyl (C=O) groups excluding carboxylic acids is 1. The molecular formula is C24H24N6O4. The summed E-state index contributed by atoms with van der Waals surface area (Å²) in [4.78, 5) is 35.4. The molecule has 1 atom stereocenters. The first-order chi connectivity index (χ1) is 16.4. The van der Waals surface area contributed by atoms with Gasteiger partial charge in [0.25, 0.3) is 11.6 Å². The van der Waals surface area contributed by atoms with Crippen LogP contribution in [0.3, 0.4) is 0 Å². The Morgan fingerprint density at radius 1 is 1.15 bits per heavy atom. The first-order valence-corrected chi connectivity index (χ1v) is 11.1. The van der Waals surface area contributed by atoms with Crippen molar-refractivity contribution in [3.63, 3.8) is 0 Å². The van der Waals surface area contributed by atoms with Gasteiger partial charge in [0.15, 0.2) is 0 Å². The van der Waals surface area contributed by atoms with E-state index in [-0.39, 0.29) is 17.6 Å². The fourth-order valence-corrected chi connectivity index (χ4v) is 4.26. The lowest BCUT2D eigenvalue weighted by Gasteiger charge is -2.36. The molecule has 1 aliphatic rings. The number of amides is 1. The summed E-state index contributed by atoms with van der Waals surface area (Å²) >= 11 is 0. The van der Waals surface area contributed by atoms with E-state index in [2.05, 4.69) is 20.0 Å². The van der Waals surface area contributed by atoms with Crippen LogP contribution in [0.5, 0.6) is 0 Å². The summed E-state index contributed by atoms with van der Waals surface area (Å²) in [5.74, 6) is 0.960. The highest BCUT2D eigenvalue weighted by Crippen LogP contribution is 2.27. The maximum Gasteiger partial charge on any atom is 0.270 e. The first kappa shape index (κ1) is 21.8. The Morgan fingerprint density at radius 3 is 2.59 bits per heavy atom. The van der Waals surface area contributed by atoms with E-state index in [1.807, 2.05) is 38.1 Å². The molecule has 0 saturated carbocycles. The van der Waals surface area contributed by atoms with E-state index in [0.717, 1.165) is 5.56 Å². The van der Waals surface area contributed by atoms with Gasteiger partial charge >= 0.3 is 0 Å². The summed E-state index contributed by atoms with van der Waals surface area (Å²) in [7, 11) is 0. The Bertz CT molecular complexity index is 1350. The van der Waals surface area contributed by atoms with Gasteiger partial charge in [-0.05, 0) is 19.9 Å². The number of piperazine rings is 1. The van der Waals surface area contributed by atoms with Crippen molar-refractivity contribution in [3.05, 3.63) is 75.8 Å². The van der Waals surface area contributed by atoms with Crippen LogP contribution in [0.1, 0.15) is 34.8 Å². The fourth-order valence-electron chi connectivity index (χ4n) is 4.26. The summed E-state index contributed by atoms with van der Waals surface area (Å²) in [6, 6.07) is 12.4. The third-order valence-corrected chi connectivity index (χ3v) is 6.36. The monoisotopic (exact) mass is 460 g/mol. The standard InChI is InChI=1S/C24H24N6O4/c1-15-3-5-17(6-4-15)22-26-23(34-27-22)16(2)28-9-11-29(12-10-28)24(31)20-14-25-21-8-7-18(30(32)33)13-19(20)21/h3-8,13-14,16,25H,9-12H2,1-2H3. The quantitative estimate of drug-likeness (QED) is 0.353. The van der Waals surface area contributed by atoms with Crippen molar-refractivity contribution in [1.29, 1.82) is 0 Å². The minimum absolute atomic E-state index is 0.0376. The topological polar surface area (TPSA) is 121 Å². The second-order valence-electron chi connectivity index (χ2n) is 8.52. The van der Waals surface area contributed by atoms with Crippen molar-refractivity contribution in [3.8, 4) is 11.4 Å². The Hall–Kier alpha value is -4.05. The molecule has 0 aliphatic carbocycles. The van der Waals surface area contributed by atoms with Crippen LogP contribution in [-0.4, -0.2) is 61.9 Å². The summed E-state index contributed by atoms with van der Waals surface area (Å²) in [6.45, 7) is 6.41. The number of nitro groups is 1. The Balaban J connectivity index is 1.25. The molecule has 3 heterocycles. The molecule has 0 radical (unpaired) electrons. The van der Waals surface area contributed by atoms with Gasteiger partial charge in [0.05, 0.1) is 16.5 Å². The highest BCUT2D eigenvalue weighted by atomic mass is 16.6. The number of non-ortho nitro benzene ring substituents is 1. The zero-order chi connectivity index (χ0) is 23.8. The molecule has 5 rings (SSSR count). The molecule has 0 spiro atoms. The summed E-state index contributed by atoms with van der Waals surface area (Å²) in [5, 5.41) is 15.8. The molecule has 10 heteroatoms. The second kappa shape index (κ2) is 8.71. The van der Waals surface area contributed by atoms with Gasteiger partial charge in [0.1, 0.15) is 0 Å². The van der Waals surface area contributed by atoms with E-state index in [9.17, 15) is 14.9 Å². The van der Waals surface area contributed by atoms with Crippen LogP contribution in [0.15, 0.2) is 53.2 Å². The maximum atomic E-state index is 13.2. The van der Waals surface area contributed by atoms with Crippen molar-refractivity contribution in [1.82, 2.24) is 24.9 Å². The van der Waals surface area contributed by atoms with Crippen LogP contribution >= 0.6 is 0 Å². The normalized spacial score (nSPS) is 15.5. The van der Waals surface area contributed by atoms with Gasteiger partial charge in [0, 0.05) is 61.0 Å². The lowest BCUT2D eigenvalue weighted by Crippen LogP contribution is -2.49. The molecule has 174 valence electrons. The molecule has 1 unspecified atom stereocenters. The molecule has 1 fully saturated rings. The lowest BCUT2D eigenvalue weighted by atomic mass is 10.1. The molecule has 1 amide bonds. The number of fused-ring (bicyclic) bond motifs is 1. The Kier molecular flexibility index (Phi) is 5.58. The Labute approximate surface area is 195 Å². The van der Waals surface area contributed by atoms with Crippen molar-refractivity contribution >= 4 is 22.5 Å². The van der Waals surface area contributed by atoms with E-state index in [0.29, 0.717) is 54.4 Å². The number of rotatable bonds is 5. The molecular weight excluding hydrogens is 436 g/mol. The molecule has 1 aliphatic heterocycles. The third-order valence-electron chi connectivity index (χ3n) is 6.36. The number of nitrogens with zero attached hydrogens (tertiary/aromatic N) is 5. The molecule has 2 aromatic carbocycles. The van der Waals surface area contributed by atoms with Crippen molar-refractivity contribution < 1.29 is 14.2 Å². The van der Waals surface area contributed by atoms with Crippen LogP contribution in [-0.2, 0) is 0 Å². The number of benzene rings is 2. The molecule has 1 N–H and O–H groups in total. The van der Waals surface area contributed by atoms with Crippen molar-refractivity contribution in [2.45, 2.75) is 19.9 Å². The smallest absolute Gasteiger partial charge is 0.270 e. The maximum absolute atomic E-state index is 13.2. The van der Waals surface area contributed by atoms with Gasteiger partial charge in [0.2, 0.25) is 11.7 Å². The molecule has 10 nitrogen and oxygen atoms in total. The minimum atomic E-state index is -0.456. The number of aromatic nitrogens is 3. The fraction of sp³-hybridized carbons (Fsp3) is 0.292. The minimum Gasteiger partial charge on any atom is -0.360 e. The Morgan fingerprint density at radius 2 is 1.88 bits per heavy atom. The average molecular weight is 460 g/mol. The van der Waals surface area contributed by atoms with Gasteiger partial charge in [-0.1, -0.05) is 35.0 Å². The van der Waals surface area contributed by atoms with Gasteiger partial charge < -0.3 is 14.4 Å². The number of H-pyrrole nitrogens is 1. The summed E-state index contributed by atoms with van der Waals surface area (Å²) in [5.41, 5.74) is 3.17. The predicted octanol–water partition coefficient (Wildman–Crippen LogP) is 3.95. The van der Waals surface area contributed by atoms with Gasteiger partial charge in [-0.15, -0.1) is 0 Å². The van der Waals surface area contributed by atoms with Gasteiger partial charge in [-0.25, -0.2) is 0 Å². The molecule has 0 bridgehead atoms. The average Bonchev–Trinajstić information content (AvgIpc) is 3.51. The highest BCUT2D eigenvalue weighted by molar-refractivity contribution is 6.07.